The van der Waals surface area contributed by atoms with Gasteiger partial charge in [0.05, 0.1) is 0 Å². The molecule has 8 nitrogen and oxygen atoms in total. The molecule has 2 aliphatic heterocycles. The Labute approximate surface area is 199 Å². The van der Waals surface area contributed by atoms with Crippen molar-refractivity contribution >= 4 is 0 Å². The topological polar surface area (TPSA) is 118 Å². The summed E-state index contributed by atoms with van der Waals surface area (Å²) in [6, 6.07) is 0. The fraction of sp³-hybridized carbons (Fsp3) is 0.840. The summed E-state index contributed by atoms with van der Waals surface area (Å²) in [5, 5.41) is 34.2. The molecule has 33 heavy (non-hydrogen) atoms. The summed E-state index contributed by atoms with van der Waals surface area (Å²) in [5.41, 5.74) is -0.154. The molecule has 1 aliphatic carbocycles. The van der Waals surface area contributed by atoms with Crippen molar-refractivity contribution in [1.29, 1.82) is 0 Å². The molecule has 4 N–H and O–H groups in total. The second kappa shape index (κ2) is 17.9. The first kappa shape index (κ1) is 29.6. The maximum absolute atomic E-state index is 8.79. The van der Waals surface area contributed by atoms with Crippen molar-refractivity contribution in [2.24, 2.45) is 17.3 Å². The Morgan fingerprint density at radius 2 is 0.970 bits per heavy atom. The minimum Gasteiger partial charge on any atom is -0.465 e. The van der Waals surface area contributed by atoms with E-state index in [1.54, 1.807) is 0 Å². The predicted octanol–water partition coefficient (Wildman–Crippen LogP) is 3.10. The zero-order valence-corrected chi connectivity index (χ0v) is 20.5. The molecule has 8 heteroatoms. The Morgan fingerprint density at radius 3 is 1.21 bits per heavy atom. The monoisotopic (exact) mass is 474 g/mol. The van der Waals surface area contributed by atoms with Gasteiger partial charge in [-0.1, -0.05) is 12.8 Å². The summed E-state index contributed by atoms with van der Waals surface area (Å²) in [6.07, 6.45) is 11.9. The first-order chi connectivity index (χ1) is 16.1. The average molecular weight is 475 g/mol. The molecule has 0 amide bonds. The van der Waals surface area contributed by atoms with Crippen LogP contribution in [0, 0.1) is 17.3 Å². The van der Waals surface area contributed by atoms with Crippen LogP contribution in [0.3, 0.4) is 0 Å². The van der Waals surface area contributed by atoms with Crippen molar-refractivity contribution in [3.8, 4) is 0 Å². The van der Waals surface area contributed by atoms with Crippen molar-refractivity contribution in [3.63, 3.8) is 0 Å². The second-order valence-electron chi connectivity index (χ2n) is 8.98. The van der Waals surface area contributed by atoms with Crippen LogP contribution in [0.25, 0.3) is 0 Å². The van der Waals surface area contributed by atoms with Crippen molar-refractivity contribution in [1.82, 2.24) is 0 Å². The molecule has 3 aliphatic rings. The van der Waals surface area contributed by atoms with E-state index in [2.05, 4.69) is 0 Å². The van der Waals surface area contributed by atoms with Gasteiger partial charge in [-0.25, -0.2) is 0 Å². The van der Waals surface area contributed by atoms with Gasteiger partial charge in [0.1, 0.15) is 31.8 Å². The fourth-order valence-corrected chi connectivity index (χ4v) is 3.74. The quantitative estimate of drug-likeness (QED) is 0.416. The third-order valence-electron chi connectivity index (χ3n) is 6.10. The first-order valence-corrected chi connectivity index (χ1v) is 12.3. The van der Waals surface area contributed by atoms with E-state index in [1.165, 1.54) is 0 Å². The molecule has 2 heterocycles. The number of rotatable bonds is 7. The van der Waals surface area contributed by atoms with Gasteiger partial charge in [0.15, 0.2) is 0 Å². The van der Waals surface area contributed by atoms with Crippen molar-refractivity contribution in [2.45, 2.75) is 65.2 Å². The van der Waals surface area contributed by atoms with Crippen LogP contribution in [0.15, 0.2) is 24.0 Å². The molecule has 1 saturated carbocycles. The van der Waals surface area contributed by atoms with Crippen LogP contribution in [-0.4, -0.2) is 73.3 Å². The Hall–Kier alpha value is -1.48. The van der Waals surface area contributed by atoms with E-state index < -0.39 is 0 Å². The highest BCUT2D eigenvalue weighted by Gasteiger charge is 2.41. The van der Waals surface area contributed by atoms with Gasteiger partial charge in [0, 0.05) is 26.4 Å². The SMILES string of the molecule is CC=C1OCC2(CO1)COC(=CC)OC2.OCC1CCC(CO)CC1.OCCCCCCO. The molecule has 194 valence electrons. The van der Waals surface area contributed by atoms with Gasteiger partial charge in [-0.3, -0.25) is 0 Å². The zero-order chi connectivity index (χ0) is 24.4. The molecule has 3 rings (SSSR count). The standard InChI is InChI=1S/C11H16O4.C8H16O2.C6H14O2/c1-3-9-12-5-11(6-13-9)7-14-10(4-2)15-8-11;9-5-7-1-2-8(6-10)4-3-7;7-5-3-1-2-4-6-8/h3-4H,5-8H2,1-2H3;7-10H,1-6H2;7-8H,1-6H2. The lowest BCUT2D eigenvalue weighted by Crippen LogP contribution is -2.46. The summed E-state index contributed by atoms with van der Waals surface area (Å²) in [4.78, 5) is 0. The molecule has 0 bridgehead atoms. The van der Waals surface area contributed by atoms with Gasteiger partial charge in [-0.2, -0.15) is 0 Å². The lowest BCUT2D eigenvalue weighted by molar-refractivity contribution is -0.185. The summed E-state index contributed by atoms with van der Waals surface area (Å²) in [6.45, 7) is 7.35. The van der Waals surface area contributed by atoms with Crippen LogP contribution in [-0.2, 0) is 18.9 Å². The fourth-order valence-electron chi connectivity index (χ4n) is 3.74. The Balaban J connectivity index is 0.000000265. The molecule has 3 fully saturated rings. The number of unbranched alkanes of at least 4 members (excludes halogenated alkanes) is 3. The van der Waals surface area contributed by atoms with Crippen LogP contribution in [0.2, 0.25) is 0 Å². The van der Waals surface area contributed by atoms with E-state index in [0.717, 1.165) is 51.4 Å². The molecule has 0 aromatic rings. The molecule has 1 spiro atoms. The second-order valence-corrected chi connectivity index (χ2v) is 8.98. The van der Waals surface area contributed by atoms with Gasteiger partial charge in [-0.05, 0) is 76.4 Å². The summed E-state index contributed by atoms with van der Waals surface area (Å²) >= 11 is 0. The van der Waals surface area contributed by atoms with Gasteiger partial charge < -0.3 is 39.4 Å². The zero-order valence-electron chi connectivity index (χ0n) is 20.5. The van der Waals surface area contributed by atoms with Crippen LogP contribution in [0.1, 0.15) is 65.2 Å². The highest BCUT2D eigenvalue weighted by molar-refractivity contribution is 4.95. The average Bonchev–Trinajstić information content (AvgIpc) is 2.88. The summed E-state index contributed by atoms with van der Waals surface area (Å²) in [7, 11) is 0. The maximum atomic E-state index is 8.79. The number of hydrogen-bond acceptors (Lipinski definition) is 8. The van der Waals surface area contributed by atoms with Crippen LogP contribution < -0.4 is 0 Å². The minimum atomic E-state index is -0.154. The number of allylic oxidation sites excluding steroid dienone is 2. The summed E-state index contributed by atoms with van der Waals surface area (Å²) < 4.78 is 21.8. The molecule has 0 radical (unpaired) electrons. The van der Waals surface area contributed by atoms with Gasteiger partial charge in [0.25, 0.3) is 11.9 Å². The Kier molecular flexibility index (Phi) is 16.1. The van der Waals surface area contributed by atoms with Gasteiger partial charge in [-0.15, -0.1) is 0 Å². The molecule has 0 atom stereocenters. The molecular formula is C25H46O8. The smallest absolute Gasteiger partial charge is 0.274 e. The van der Waals surface area contributed by atoms with Crippen LogP contribution in [0.4, 0.5) is 0 Å². The van der Waals surface area contributed by atoms with Crippen molar-refractivity contribution in [3.05, 3.63) is 24.0 Å². The number of aliphatic hydroxyl groups excluding tert-OH is 4. The predicted molar refractivity (Wildman–Crippen MR) is 126 cm³/mol. The Morgan fingerprint density at radius 1 is 0.636 bits per heavy atom. The largest absolute Gasteiger partial charge is 0.465 e. The third kappa shape index (κ3) is 12.0. The van der Waals surface area contributed by atoms with Crippen LogP contribution >= 0.6 is 0 Å². The Bertz CT molecular complexity index is 469. The molecule has 0 aromatic heterocycles. The summed E-state index contributed by atoms with van der Waals surface area (Å²) in [5.74, 6) is 2.22. The molecule has 0 aromatic carbocycles. The van der Waals surface area contributed by atoms with Gasteiger partial charge in [0.2, 0.25) is 0 Å². The number of ether oxygens (including phenoxy) is 4. The lowest BCUT2D eigenvalue weighted by atomic mass is 9.83. The third-order valence-corrected chi connectivity index (χ3v) is 6.10. The molecular weight excluding hydrogens is 428 g/mol. The maximum Gasteiger partial charge on any atom is 0.274 e. The van der Waals surface area contributed by atoms with Crippen molar-refractivity contribution in [2.75, 3.05) is 52.9 Å². The van der Waals surface area contributed by atoms with Crippen LogP contribution in [0.5, 0.6) is 0 Å². The highest BCUT2D eigenvalue weighted by Crippen LogP contribution is 2.32. The lowest BCUT2D eigenvalue weighted by Gasteiger charge is -2.40. The highest BCUT2D eigenvalue weighted by atomic mass is 16.7. The van der Waals surface area contributed by atoms with E-state index >= 15 is 0 Å². The first-order valence-electron chi connectivity index (χ1n) is 12.3. The minimum absolute atomic E-state index is 0.154. The van der Waals surface area contributed by atoms with E-state index in [0.29, 0.717) is 63.4 Å². The van der Waals surface area contributed by atoms with E-state index in [1.807, 2.05) is 26.0 Å². The normalized spacial score (nSPS) is 26.2. The van der Waals surface area contributed by atoms with E-state index in [4.69, 9.17) is 39.4 Å². The van der Waals surface area contributed by atoms with E-state index in [9.17, 15) is 0 Å². The van der Waals surface area contributed by atoms with Crippen molar-refractivity contribution < 1.29 is 39.4 Å². The van der Waals surface area contributed by atoms with E-state index in [-0.39, 0.29) is 18.6 Å². The molecule has 2 saturated heterocycles. The number of hydrogen-bond donors (Lipinski definition) is 4. The number of aliphatic hydroxyl groups is 4. The molecule has 0 unspecified atom stereocenters. The van der Waals surface area contributed by atoms with Gasteiger partial charge >= 0.3 is 0 Å².